The van der Waals surface area contributed by atoms with Crippen LogP contribution in [0, 0.1) is 6.92 Å². The van der Waals surface area contributed by atoms with E-state index >= 15 is 0 Å². The highest BCUT2D eigenvalue weighted by molar-refractivity contribution is 5.31. The minimum absolute atomic E-state index is 0.854. The first-order valence-corrected chi connectivity index (χ1v) is 8.60. The van der Waals surface area contributed by atoms with Gasteiger partial charge >= 0.3 is 0 Å². The van der Waals surface area contributed by atoms with Gasteiger partial charge in [-0.05, 0) is 43.7 Å². The van der Waals surface area contributed by atoms with Gasteiger partial charge in [0.05, 0.1) is 5.69 Å². The van der Waals surface area contributed by atoms with E-state index in [1.165, 1.54) is 42.6 Å². The molecule has 1 aliphatic heterocycles. The van der Waals surface area contributed by atoms with Crippen LogP contribution in [0.2, 0.25) is 0 Å². The van der Waals surface area contributed by atoms with Crippen molar-refractivity contribution >= 4 is 5.95 Å². The average Bonchev–Trinajstić information content (AvgIpc) is 3.00. The normalized spacial score (nSPS) is 18.9. The summed E-state index contributed by atoms with van der Waals surface area (Å²) >= 11 is 0. The van der Waals surface area contributed by atoms with E-state index < -0.39 is 0 Å². The Bertz CT molecular complexity index is 654. The van der Waals surface area contributed by atoms with Crippen molar-refractivity contribution in [1.82, 2.24) is 25.1 Å². The second kappa shape index (κ2) is 6.28. The van der Waals surface area contributed by atoms with Crippen LogP contribution in [0.25, 0.3) is 0 Å². The molecule has 6 nitrogen and oxygen atoms in total. The standard InChI is InChI=1S/C17H24N6/c1-13-10-18-17(19-11-13)23-8-6-22(7-9-23)12-16-14-4-2-3-5-15(14)20-21-16/h10-11H,2-9,12H2,1H3,(H,20,21). The summed E-state index contributed by atoms with van der Waals surface area (Å²) in [5.74, 6) is 0.854. The Morgan fingerprint density at radius 3 is 2.57 bits per heavy atom. The molecule has 0 aromatic carbocycles. The molecule has 4 rings (SSSR count). The molecule has 1 fully saturated rings. The van der Waals surface area contributed by atoms with E-state index in [1.807, 2.05) is 19.3 Å². The van der Waals surface area contributed by atoms with Crippen molar-refractivity contribution in [3.05, 3.63) is 34.9 Å². The molecule has 2 aromatic heterocycles. The van der Waals surface area contributed by atoms with E-state index in [9.17, 15) is 0 Å². The van der Waals surface area contributed by atoms with E-state index in [0.717, 1.165) is 44.2 Å². The van der Waals surface area contributed by atoms with Crippen LogP contribution in [-0.2, 0) is 19.4 Å². The van der Waals surface area contributed by atoms with Crippen LogP contribution in [0.3, 0.4) is 0 Å². The van der Waals surface area contributed by atoms with Gasteiger partial charge in [-0.3, -0.25) is 10.00 Å². The topological polar surface area (TPSA) is 60.9 Å². The van der Waals surface area contributed by atoms with E-state index in [2.05, 4.69) is 30.0 Å². The van der Waals surface area contributed by atoms with Gasteiger partial charge in [-0.15, -0.1) is 0 Å². The SMILES string of the molecule is Cc1cnc(N2CCN(Cc3n[nH]c4c3CCCC4)CC2)nc1. The van der Waals surface area contributed by atoms with Crippen LogP contribution in [0.4, 0.5) is 5.95 Å². The van der Waals surface area contributed by atoms with E-state index in [0.29, 0.717) is 0 Å². The van der Waals surface area contributed by atoms with Crippen molar-refractivity contribution in [1.29, 1.82) is 0 Å². The molecular formula is C17H24N6. The molecule has 0 unspecified atom stereocenters. The van der Waals surface area contributed by atoms with Crippen molar-refractivity contribution in [2.24, 2.45) is 0 Å². The number of H-pyrrole nitrogens is 1. The van der Waals surface area contributed by atoms with Crippen LogP contribution in [-0.4, -0.2) is 51.2 Å². The fourth-order valence-electron chi connectivity index (χ4n) is 3.55. The number of aryl methyl sites for hydroxylation is 2. The van der Waals surface area contributed by atoms with Crippen molar-refractivity contribution < 1.29 is 0 Å². The number of anilines is 1. The number of piperazine rings is 1. The van der Waals surface area contributed by atoms with Gasteiger partial charge in [-0.25, -0.2) is 9.97 Å². The number of hydrogen-bond donors (Lipinski definition) is 1. The van der Waals surface area contributed by atoms with Crippen molar-refractivity contribution in [3.63, 3.8) is 0 Å². The molecule has 1 saturated heterocycles. The second-order valence-corrected chi connectivity index (χ2v) is 6.66. The van der Waals surface area contributed by atoms with Crippen LogP contribution >= 0.6 is 0 Å². The molecule has 0 saturated carbocycles. The quantitative estimate of drug-likeness (QED) is 0.935. The average molecular weight is 312 g/mol. The molecule has 0 bridgehead atoms. The lowest BCUT2D eigenvalue weighted by Gasteiger charge is -2.34. The zero-order chi connectivity index (χ0) is 15.6. The fourth-order valence-corrected chi connectivity index (χ4v) is 3.55. The number of fused-ring (bicyclic) bond motifs is 1. The Morgan fingerprint density at radius 2 is 1.78 bits per heavy atom. The van der Waals surface area contributed by atoms with Gasteiger partial charge in [0.1, 0.15) is 0 Å². The zero-order valence-corrected chi connectivity index (χ0v) is 13.8. The van der Waals surface area contributed by atoms with Crippen molar-refractivity contribution in [2.75, 3.05) is 31.1 Å². The van der Waals surface area contributed by atoms with Gasteiger partial charge in [0, 0.05) is 50.8 Å². The van der Waals surface area contributed by atoms with E-state index in [4.69, 9.17) is 0 Å². The minimum Gasteiger partial charge on any atom is -0.338 e. The first-order chi connectivity index (χ1) is 11.3. The highest BCUT2D eigenvalue weighted by Gasteiger charge is 2.22. The summed E-state index contributed by atoms with van der Waals surface area (Å²) in [6.45, 7) is 7.03. The number of nitrogens with zero attached hydrogens (tertiary/aromatic N) is 5. The predicted molar refractivity (Wildman–Crippen MR) is 89.5 cm³/mol. The molecule has 1 N–H and O–H groups in total. The maximum absolute atomic E-state index is 4.57. The Labute approximate surface area is 136 Å². The summed E-state index contributed by atoms with van der Waals surface area (Å²) in [4.78, 5) is 13.6. The Morgan fingerprint density at radius 1 is 1.04 bits per heavy atom. The second-order valence-electron chi connectivity index (χ2n) is 6.66. The summed E-state index contributed by atoms with van der Waals surface area (Å²) in [6.07, 6.45) is 8.75. The number of nitrogens with one attached hydrogen (secondary N) is 1. The van der Waals surface area contributed by atoms with Crippen LogP contribution in [0.15, 0.2) is 12.4 Å². The molecule has 0 spiro atoms. The van der Waals surface area contributed by atoms with Gasteiger partial charge in [0.25, 0.3) is 0 Å². The van der Waals surface area contributed by atoms with Gasteiger partial charge < -0.3 is 4.90 Å². The number of aromatic amines is 1. The van der Waals surface area contributed by atoms with Crippen molar-refractivity contribution in [3.8, 4) is 0 Å². The summed E-state index contributed by atoms with van der Waals surface area (Å²) in [5, 5.41) is 7.82. The smallest absolute Gasteiger partial charge is 0.225 e. The van der Waals surface area contributed by atoms with Gasteiger partial charge in [-0.2, -0.15) is 5.10 Å². The van der Waals surface area contributed by atoms with E-state index in [1.54, 1.807) is 0 Å². The highest BCUT2D eigenvalue weighted by Crippen LogP contribution is 2.23. The lowest BCUT2D eigenvalue weighted by molar-refractivity contribution is 0.245. The molecule has 0 atom stereocenters. The number of rotatable bonds is 3. The Hall–Kier alpha value is -1.95. The van der Waals surface area contributed by atoms with Crippen molar-refractivity contribution in [2.45, 2.75) is 39.2 Å². The third-order valence-electron chi connectivity index (χ3n) is 4.94. The monoisotopic (exact) mass is 312 g/mol. The number of hydrogen-bond acceptors (Lipinski definition) is 5. The largest absolute Gasteiger partial charge is 0.338 e. The lowest BCUT2D eigenvalue weighted by atomic mass is 9.96. The number of aromatic nitrogens is 4. The maximum atomic E-state index is 4.57. The minimum atomic E-state index is 0.854. The predicted octanol–water partition coefficient (Wildman–Crippen LogP) is 1.71. The van der Waals surface area contributed by atoms with Crippen LogP contribution < -0.4 is 4.90 Å². The first kappa shape index (κ1) is 14.6. The van der Waals surface area contributed by atoms with Gasteiger partial charge in [0.2, 0.25) is 5.95 Å². The molecular weight excluding hydrogens is 288 g/mol. The van der Waals surface area contributed by atoms with Crippen LogP contribution in [0.5, 0.6) is 0 Å². The lowest BCUT2D eigenvalue weighted by Crippen LogP contribution is -2.46. The maximum Gasteiger partial charge on any atom is 0.225 e. The summed E-state index contributed by atoms with van der Waals surface area (Å²) in [5.41, 5.74) is 5.23. The van der Waals surface area contributed by atoms with E-state index in [-0.39, 0.29) is 0 Å². The molecule has 2 aliphatic rings. The first-order valence-electron chi connectivity index (χ1n) is 8.60. The third kappa shape index (κ3) is 3.08. The summed E-state index contributed by atoms with van der Waals surface area (Å²) < 4.78 is 0. The third-order valence-corrected chi connectivity index (χ3v) is 4.94. The fraction of sp³-hybridized carbons (Fsp3) is 0.588. The summed E-state index contributed by atoms with van der Waals surface area (Å²) in [7, 11) is 0. The van der Waals surface area contributed by atoms with Gasteiger partial charge in [0.15, 0.2) is 0 Å². The molecule has 0 amide bonds. The van der Waals surface area contributed by atoms with Gasteiger partial charge in [-0.1, -0.05) is 0 Å². The molecule has 1 aliphatic carbocycles. The zero-order valence-electron chi connectivity index (χ0n) is 13.8. The molecule has 2 aromatic rings. The highest BCUT2D eigenvalue weighted by atomic mass is 15.3. The Kier molecular flexibility index (Phi) is 3.99. The Balaban J connectivity index is 1.36. The molecule has 23 heavy (non-hydrogen) atoms. The molecule has 3 heterocycles. The molecule has 0 radical (unpaired) electrons. The summed E-state index contributed by atoms with van der Waals surface area (Å²) in [6, 6.07) is 0. The molecule has 6 heteroatoms. The molecule has 122 valence electrons. The van der Waals surface area contributed by atoms with Crippen LogP contribution in [0.1, 0.15) is 35.4 Å².